The van der Waals surface area contributed by atoms with Crippen LogP contribution >= 0.6 is 0 Å². The van der Waals surface area contributed by atoms with Gasteiger partial charge in [-0.15, -0.1) is 10.2 Å². The fraction of sp³-hybridized carbons (Fsp3) is 0.150. The topological polar surface area (TPSA) is 192 Å². The average molecular weight is 423 g/mol. The van der Waals surface area contributed by atoms with Crippen molar-refractivity contribution in [3.05, 3.63) is 59.7 Å². The lowest BCUT2D eigenvalue weighted by Gasteiger charge is -2.11. The van der Waals surface area contributed by atoms with Crippen LogP contribution in [0.25, 0.3) is 0 Å². The molecule has 0 saturated heterocycles. The van der Waals surface area contributed by atoms with Crippen LogP contribution in [0.3, 0.4) is 0 Å². The van der Waals surface area contributed by atoms with Crippen LogP contribution in [0.4, 0.5) is 5.69 Å². The van der Waals surface area contributed by atoms with Crippen molar-refractivity contribution < 1.29 is 9.53 Å². The Bertz CT molecular complexity index is 984. The molecule has 162 valence electrons. The lowest BCUT2D eigenvalue weighted by molar-refractivity contribution is -0.118. The first-order valence-electron chi connectivity index (χ1n) is 9.14. The first-order valence-corrected chi connectivity index (χ1v) is 9.14. The number of para-hydroxylation sites is 1. The third-order valence-corrected chi connectivity index (χ3v) is 3.80. The number of guanidine groups is 2. The minimum atomic E-state index is -0.310. The van der Waals surface area contributed by atoms with E-state index in [9.17, 15) is 4.79 Å². The maximum Gasteiger partial charge on any atom is 0.262 e. The highest BCUT2D eigenvalue weighted by atomic mass is 16.5. The average Bonchev–Trinajstić information content (AvgIpc) is 2.74. The molecule has 11 nitrogen and oxygen atoms in total. The molecule has 11 heteroatoms. The van der Waals surface area contributed by atoms with Crippen LogP contribution in [0.2, 0.25) is 0 Å². The van der Waals surface area contributed by atoms with E-state index in [1.807, 2.05) is 18.2 Å². The lowest BCUT2D eigenvalue weighted by atomic mass is 10.0. The fourth-order valence-corrected chi connectivity index (χ4v) is 2.35. The van der Waals surface area contributed by atoms with Gasteiger partial charge in [-0.1, -0.05) is 18.2 Å². The summed E-state index contributed by atoms with van der Waals surface area (Å²) in [5, 5.41) is 18.0. The molecular weight excluding hydrogens is 398 g/mol. The molecule has 0 saturated carbocycles. The number of carbonyl (C=O) groups excluding carboxylic acids is 1. The second kappa shape index (κ2) is 11.0. The number of ether oxygens (including phenoxy) is 1. The Morgan fingerprint density at radius 1 is 0.839 bits per heavy atom. The van der Waals surface area contributed by atoms with E-state index in [4.69, 9.17) is 27.7 Å². The largest absolute Gasteiger partial charge is 0.484 e. The number of anilines is 1. The number of nitrogens with one attached hydrogen (secondary N) is 1. The number of amides is 1. The van der Waals surface area contributed by atoms with Gasteiger partial charge >= 0.3 is 0 Å². The summed E-state index contributed by atoms with van der Waals surface area (Å²) in [6.07, 6.45) is 0. The third kappa shape index (κ3) is 7.85. The van der Waals surface area contributed by atoms with E-state index in [2.05, 4.69) is 25.7 Å². The molecule has 0 bridgehead atoms. The molecule has 0 aromatic heterocycles. The Morgan fingerprint density at radius 3 is 1.84 bits per heavy atom. The molecule has 0 radical (unpaired) electrons. The fourth-order valence-electron chi connectivity index (χ4n) is 2.35. The number of carbonyl (C=O) groups is 1. The summed E-state index contributed by atoms with van der Waals surface area (Å²) < 4.78 is 5.68. The highest BCUT2D eigenvalue weighted by Crippen LogP contribution is 2.20. The molecule has 0 heterocycles. The van der Waals surface area contributed by atoms with E-state index < -0.39 is 0 Å². The Balaban J connectivity index is 2.28. The Kier molecular flexibility index (Phi) is 8.08. The second-order valence-corrected chi connectivity index (χ2v) is 6.37. The van der Waals surface area contributed by atoms with Crippen LogP contribution in [0.1, 0.15) is 25.0 Å². The van der Waals surface area contributed by atoms with Gasteiger partial charge in [0.15, 0.2) is 6.61 Å². The maximum absolute atomic E-state index is 12.2. The summed E-state index contributed by atoms with van der Waals surface area (Å²) in [5.41, 5.74) is 24.3. The van der Waals surface area contributed by atoms with E-state index in [0.29, 0.717) is 34.0 Å². The van der Waals surface area contributed by atoms with E-state index in [-0.39, 0.29) is 24.4 Å². The molecular formula is C20H25N9O2. The number of nitrogens with two attached hydrogens (primary N) is 4. The van der Waals surface area contributed by atoms with E-state index >= 15 is 0 Å². The van der Waals surface area contributed by atoms with Gasteiger partial charge in [-0.25, -0.2) is 0 Å². The van der Waals surface area contributed by atoms with Crippen LogP contribution in [0.5, 0.6) is 5.75 Å². The number of benzene rings is 2. The van der Waals surface area contributed by atoms with Gasteiger partial charge in [-0.05, 0) is 44.2 Å². The highest BCUT2D eigenvalue weighted by molar-refractivity contribution is 6.04. The first kappa shape index (κ1) is 22.9. The van der Waals surface area contributed by atoms with Crippen molar-refractivity contribution in [2.24, 2.45) is 43.3 Å². The van der Waals surface area contributed by atoms with Gasteiger partial charge < -0.3 is 33.0 Å². The van der Waals surface area contributed by atoms with Gasteiger partial charge in [-0.3, -0.25) is 4.79 Å². The molecule has 0 spiro atoms. The highest BCUT2D eigenvalue weighted by Gasteiger charge is 2.10. The molecule has 2 aromatic carbocycles. The van der Waals surface area contributed by atoms with Crippen molar-refractivity contribution in [3.63, 3.8) is 0 Å². The smallest absolute Gasteiger partial charge is 0.262 e. The molecule has 0 fully saturated rings. The van der Waals surface area contributed by atoms with Crippen molar-refractivity contribution in [3.8, 4) is 5.75 Å². The third-order valence-electron chi connectivity index (χ3n) is 3.80. The number of rotatable bonds is 8. The Hall–Kier alpha value is -4.41. The second-order valence-electron chi connectivity index (χ2n) is 6.37. The monoisotopic (exact) mass is 423 g/mol. The number of nitrogens with zero attached hydrogens (tertiary/aromatic N) is 4. The molecule has 0 aliphatic heterocycles. The Morgan fingerprint density at radius 2 is 1.35 bits per heavy atom. The molecule has 0 atom stereocenters. The molecule has 31 heavy (non-hydrogen) atoms. The van der Waals surface area contributed by atoms with E-state index in [0.717, 1.165) is 0 Å². The van der Waals surface area contributed by atoms with E-state index in [1.54, 1.807) is 44.2 Å². The van der Waals surface area contributed by atoms with Crippen molar-refractivity contribution in [1.82, 2.24) is 0 Å². The van der Waals surface area contributed by atoms with Gasteiger partial charge in [0.2, 0.25) is 11.9 Å². The van der Waals surface area contributed by atoms with Crippen LogP contribution in [-0.2, 0) is 4.79 Å². The summed E-state index contributed by atoms with van der Waals surface area (Å²) in [7, 11) is 0. The van der Waals surface area contributed by atoms with Crippen LogP contribution in [0, 0.1) is 0 Å². The zero-order valence-electron chi connectivity index (χ0n) is 17.2. The zero-order valence-corrected chi connectivity index (χ0v) is 17.2. The molecule has 9 N–H and O–H groups in total. The minimum Gasteiger partial charge on any atom is -0.484 e. The summed E-state index contributed by atoms with van der Waals surface area (Å²) in [5.74, 6) is -0.241. The quantitative estimate of drug-likeness (QED) is 0.235. The SMILES string of the molecule is C/C(=N/N=C(N)N)c1cc(OCC(=O)Nc2ccccc2)cc(/C(C)=N\N=C(N)N)c1. The van der Waals surface area contributed by atoms with E-state index in [1.165, 1.54) is 0 Å². The predicted molar refractivity (Wildman–Crippen MR) is 123 cm³/mol. The van der Waals surface area contributed by atoms with Crippen LogP contribution in [-0.4, -0.2) is 35.9 Å². The summed E-state index contributed by atoms with van der Waals surface area (Å²) in [4.78, 5) is 12.2. The normalized spacial score (nSPS) is 11.4. The Labute approximate surface area is 179 Å². The molecule has 0 unspecified atom stereocenters. The van der Waals surface area contributed by atoms with Crippen LogP contribution < -0.4 is 33.0 Å². The molecule has 2 aromatic rings. The minimum absolute atomic E-state index is 0.171. The maximum atomic E-state index is 12.2. The van der Waals surface area contributed by atoms with Gasteiger partial charge in [0.05, 0.1) is 11.4 Å². The number of hydrogen-bond donors (Lipinski definition) is 5. The van der Waals surface area contributed by atoms with Crippen molar-refractivity contribution in [2.45, 2.75) is 13.8 Å². The summed E-state index contributed by atoms with van der Waals surface area (Å²) in [6, 6.07) is 14.3. The predicted octanol–water partition coefficient (Wildman–Crippen LogP) is 0.699. The lowest BCUT2D eigenvalue weighted by Crippen LogP contribution is -2.22. The van der Waals surface area contributed by atoms with Gasteiger partial charge in [0.25, 0.3) is 5.91 Å². The standard InChI is InChI=1S/C20H25N9O2/c1-12(26-28-19(21)22)14-8-15(13(2)27-29-20(23)24)10-17(9-14)31-11-18(30)25-16-6-4-3-5-7-16/h3-10H,11H2,1-2H3,(H,25,30)(H4,21,22,28)(H4,23,24,29)/b26-12-,27-13-. The molecule has 2 rings (SSSR count). The molecule has 0 aliphatic carbocycles. The summed E-state index contributed by atoms with van der Waals surface area (Å²) in [6.45, 7) is 3.24. The number of hydrogen-bond acceptors (Lipinski definition) is 6. The zero-order chi connectivity index (χ0) is 22.8. The first-order chi connectivity index (χ1) is 14.7. The van der Waals surface area contributed by atoms with Crippen molar-refractivity contribution in [1.29, 1.82) is 0 Å². The molecule has 0 aliphatic rings. The van der Waals surface area contributed by atoms with Crippen molar-refractivity contribution in [2.75, 3.05) is 11.9 Å². The van der Waals surface area contributed by atoms with Gasteiger partial charge in [0, 0.05) is 16.8 Å². The summed E-state index contributed by atoms with van der Waals surface area (Å²) >= 11 is 0. The van der Waals surface area contributed by atoms with Crippen LogP contribution in [0.15, 0.2) is 68.9 Å². The van der Waals surface area contributed by atoms with Gasteiger partial charge in [0.1, 0.15) is 5.75 Å². The molecule has 1 amide bonds. The van der Waals surface area contributed by atoms with Crippen molar-refractivity contribution >= 4 is 34.9 Å². The van der Waals surface area contributed by atoms with Gasteiger partial charge in [-0.2, -0.15) is 10.2 Å².